The lowest BCUT2D eigenvalue weighted by Crippen LogP contribution is -2.17. The minimum atomic E-state index is 0.517. The molecule has 0 bridgehead atoms. The Hall–Kier alpha value is -2.08. The maximum atomic E-state index is 10.1. The van der Waals surface area contributed by atoms with Crippen LogP contribution in [0.1, 0.15) is 12.0 Å². The molecule has 3 heteroatoms. The third-order valence-corrected chi connectivity index (χ3v) is 2.26. The van der Waals surface area contributed by atoms with Crippen molar-refractivity contribution in [2.75, 3.05) is 18.5 Å². The second-order valence-electron chi connectivity index (χ2n) is 3.42. The second kappa shape index (κ2) is 6.41. The highest BCUT2D eigenvalue weighted by Gasteiger charge is 1.99. The summed E-state index contributed by atoms with van der Waals surface area (Å²) in [4.78, 5) is 12.2. The Kier molecular flexibility index (Phi) is 4.81. The van der Waals surface area contributed by atoms with Crippen molar-refractivity contribution in [1.82, 2.24) is 0 Å². The van der Waals surface area contributed by atoms with Gasteiger partial charge in [-0.05, 0) is 23.8 Å². The lowest BCUT2D eigenvalue weighted by molar-refractivity contribution is -0.104. The molecule has 0 N–H and O–H groups in total. The van der Waals surface area contributed by atoms with E-state index in [0.29, 0.717) is 6.42 Å². The highest BCUT2D eigenvalue weighted by atomic mass is 16.1. The average molecular weight is 214 g/mol. The van der Waals surface area contributed by atoms with Crippen molar-refractivity contribution in [3.05, 3.63) is 35.9 Å². The fraction of sp³-hybridized carbons (Fsp3) is 0.231. The number of carbonyl (C=O) groups is 1. The van der Waals surface area contributed by atoms with Crippen LogP contribution in [-0.2, 0) is 4.79 Å². The van der Waals surface area contributed by atoms with Gasteiger partial charge in [0.2, 0.25) is 0 Å². The summed E-state index contributed by atoms with van der Waals surface area (Å²) >= 11 is 0. The number of nitriles is 1. The van der Waals surface area contributed by atoms with Gasteiger partial charge < -0.3 is 4.90 Å². The molecule has 3 nitrogen and oxygen atoms in total. The van der Waals surface area contributed by atoms with E-state index in [2.05, 4.69) is 6.07 Å². The molecule has 16 heavy (non-hydrogen) atoms. The highest BCUT2D eigenvalue weighted by molar-refractivity contribution is 5.74. The fourth-order valence-electron chi connectivity index (χ4n) is 1.34. The molecule has 0 aliphatic heterocycles. The van der Waals surface area contributed by atoms with Crippen LogP contribution < -0.4 is 4.90 Å². The summed E-state index contributed by atoms with van der Waals surface area (Å²) in [5.41, 5.74) is 2.06. The van der Waals surface area contributed by atoms with Gasteiger partial charge in [-0.25, -0.2) is 0 Å². The topological polar surface area (TPSA) is 44.1 Å². The first kappa shape index (κ1) is 12.0. The SMILES string of the molecule is CN(CCC#N)c1ccc(C=CC=O)cc1. The molecular formula is C13H14N2O. The smallest absolute Gasteiger partial charge is 0.142 e. The van der Waals surface area contributed by atoms with Gasteiger partial charge in [0.25, 0.3) is 0 Å². The van der Waals surface area contributed by atoms with Crippen LogP contribution >= 0.6 is 0 Å². The van der Waals surface area contributed by atoms with Gasteiger partial charge in [-0.3, -0.25) is 4.79 Å². The number of allylic oxidation sites excluding steroid dienone is 1. The standard InChI is InChI=1S/C13H14N2O/c1-15(10-3-9-14)13-7-5-12(6-8-13)4-2-11-16/h2,4-8,11H,3,10H2,1H3. The van der Waals surface area contributed by atoms with Crippen LogP contribution in [0.3, 0.4) is 0 Å². The number of aldehydes is 1. The quantitative estimate of drug-likeness (QED) is 0.557. The molecule has 1 aromatic carbocycles. The van der Waals surface area contributed by atoms with E-state index >= 15 is 0 Å². The molecule has 0 radical (unpaired) electrons. The molecule has 0 aliphatic rings. The molecule has 0 spiro atoms. The maximum Gasteiger partial charge on any atom is 0.142 e. The van der Waals surface area contributed by atoms with Crippen LogP contribution in [0.25, 0.3) is 6.08 Å². The Bertz CT molecular complexity index is 401. The van der Waals surface area contributed by atoms with Crippen molar-refractivity contribution in [3.63, 3.8) is 0 Å². The number of rotatable bonds is 5. The molecule has 0 heterocycles. The number of hydrogen-bond acceptors (Lipinski definition) is 3. The number of benzene rings is 1. The number of nitrogens with zero attached hydrogens (tertiary/aromatic N) is 2. The lowest BCUT2D eigenvalue weighted by Gasteiger charge is -2.17. The van der Waals surface area contributed by atoms with Gasteiger partial charge in [-0.1, -0.05) is 18.2 Å². The Balaban J connectivity index is 2.67. The normalized spacial score (nSPS) is 10.0. The van der Waals surface area contributed by atoms with Gasteiger partial charge in [0.15, 0.2) is 0 Å². The van der Waals surface area contributed by atoms with Crippen molar-refractivity contribution in [3.8, 4) is 6.07 Å². The van der Waals surface area contributed by atoms with Crippen molar-refractivity contribution >= 4 is 18.0 Å². The van der Waals surface area contributed by atoms with Gasteiger partial charge in [0, 0.05) is 19.3 Å². The van der Waals surface area contributed by atoms with E-state index in [1.165, 1.54) is 6.08 Å². The van der Waals surface area contributed by atoms with E-state index in [1.54, 1.807) is 6.08 Å². The zero-order valence-corrected chi connectivity index (χ0v) is 9.26. The Labute approximate surface area is 95.6 Å². The minimum absolute atomic E-state index is 0.517. The second-order valence-corrected chi connectivity index (χ2v) is 3.42. The first-order chi connectivity index (χ1) is 7.77. The van der Waals surface area contributed by atoms with E-state index in [1.807, 2.05) is 36.2 Å². The van der Waals surface area contributed by atoms with Gasteiger partial charge in [-0.2, -0.15) is 5.26 Å². The van der Waals surface area contributed by atoms with Crippen LogP contribution in [0, 0.1) is 11.3 Å². The van der Waals surface area contributed by atoms with Crippen LogP contribution in [0.2, 0.25) is 0 Å². The largest absolute Gasteiger partial charge is 0.374 e. The first-order valence-electron chi connectivity index (χ1n) is 5.08. The van der Waals surface area contributed by atoms with E-state index in [0.717, 1.165) is 24.1 Å². The molecule has 0 amide bonds. The molecule has 0 aromatic heterocycles. The predicted octanol–water partition coefficient (Wildman–Crippen LogP) is 2.25. The number of hydrogen-bond donors (Lipinski definition) is 0. The fourth-order valence-corrected chi connectivity index (χ4v) is 1.34. The molecule has 0 aliphatic carbocycles. The van der Waals surface area contributed by atoms with E-state index < -0.39 is 0 Å². The summed E-state index contributed by atoms with van der Waals surface area (Å²) in [5.74, 6) is 0. The van der Waals surface area contributed by atoms with Crippen molar-refractivity contribution < 1.29 is 4.79 Å². The van der Waals surface area contributed by atoms with Crippen LogP contribution in [0.15, 0.2) is 30.3 Å². The summed E-state index contributed by atoms with van der Waals surface area (Å²) in [7, 11) is 1.95. The lowest BCUT2D eigenvalue weighted by atomic mass is 10.2. The number of anilines is 1. The Morgan fingerprint density at radius 3 is 2.62 bits per heavy atom. The maximum absolute atomic E-state index is 10.1. The highest BCUT2D eigenvalue weighted by Crippen LogP contribution is 2.14. The summed E-state index contributed by atoms with van der Waals surface area (Å²) in [6.45, 7) is 0.722. The first-order valence-corrected chi connectivity index (χ1v) is 5.08. The molecule has 0 atom stereocenters. The summed E-state index contributed by atoms with van der Waals surface area (Å²) in [6, 6.07) is 9.95. The summed E-state index contributed by atoms with van der Waals surface area (Å²) in [6.07, 6.45) is 4.50. The molecule has 0 unspecified atom stereocenters. The van der Waals surface area contributed by atoms with Gasteiger partial charge >= 0.3 is 0 Å². The summed E-state index contributed by atoms with van der Waals surface area (Å²) < 4.78 is 0. The molecular weight excluding hydrogens is 200 g/mol. The third-order valence-electron chi connectivity index (χ3n) is 2.26. The molecule has 1 aromatic rings. The van der Waals surface area contributed by atoms with E-state index in [9.17, 15) is 4.79 Å². The summed E-state index contributed by atoms with van der Waals surface area (Å²) in [5, 5.41) is 8.48. The number of carbonyl (C=O) groups excluding carboxylic acids is 1. The van der Waals surface area contributed by atoms with Crippen molar-refractivity contribution in [2.45, 2.75) is 6.42 Å². The zero-order valence-electron chi connectivity index (χ0n) is 9.26. The molecule has 0 saturated heterocycles. The Morgan fingerprint density at radius 2 is 2.06 bits per heavy atom. The predicted molar refractivity (Wildman–Crippen MR) is 65.0 cm³/mol. The van der Waals surface area contributed by atoms with Crippen molar-refractivity contribution in [2.24, 2.45) is 0 Å². The molecule has 0 fully saturated rings. The average Bonchev–Trinajstić information content (AvgIpc) is 2.34. The van der Waals surface area contributed by atoms with Crippen LogP contribution in [0.4, 0.5) is 5.69 Å². The molecule has 0 saturated carbocycles. The van der Waals surface area contributed by atoms with E-state index in [4.69, 9.17) is 5.26 Å². The van der Waals surface area contributed by atoms with Gasteiger partial charge in [-0.15, -0.1) is 0 Å². The molecule has 82 valence electrons. The zero-order chi connectivity index (χ0) is 11.8. The molecule has 1 rings (SSSR count). The van der Waals surface area contributed by atoms with Gasteiger partial charge in [0.05, 0.1) is 12.5 Å². The van der Waals surface area contributed by atoms with Crippen LogP contribution in [0.5, 0.6) is 0 Å². The van der Waals surface area contributed by atoms with Crippen LogP contribution in [-0.4, -0.2) is 19.9 Å². The van der Waals surface area contributed by atoms with Gasteiger partial charge in [0.1, 0.15) is 6.29 Å². The van der Waals surface area contributed by atoms with Crippen molar-refractivity contribution in [1.29, 1.82) is 5.26 Å². The third kappa shape index (κ3) is 3.58. The monoisotopic (exact) mass is 214 g/mol. The Morgan fingerprint density at radius 1 is 1.38 bits per heavy atom. The van der Waals surface area contributed by atoms with E-state index in [-0.39, 0.29) is 0 Å². The minimum Gasteiger partial charge on any atom is -0.374 e.